The summed E-state index contributed by atoms with van der Waals surface area (Å²) in [6, 6.07) is 0.476. The highest BCUT2D eigenvalue weighted by Gasteiger charge is 2.15. The number of hydrogen-bond donors (Lipinski definition) is 1. The van der Waals surface area contributed by atoms with Gasteiger partial charge in [-0.1, -0.05) is 13.8 Å². The number of aryl methyl sites for hydroxylation is 1. The number of aromatic nitrogens is 1. The van der Waals surface area contributed by atoms with Crippen LogP contribution in [0, 0.1) is 19.8 Å². The fourth-order valence-corrected chi connectivity index (χ4v) is 2.38. The zero-order valence-corrected chi connectivity index (χ0v) is 12.5. The molecule has 0 aliphatic carbocycles. The van der Waals surface area contributed by atoms with Crippen molar-refractivity contribution < 1.29 is 4.74 Å². The summed E-state index contributed by atoms with van der Waals surface area (Å²) in [7, 11) is 3.75. The predicted octanol–water partition coefficient (Wildman–Crippen LogP) is 2.88. The molecule has 0 spiro atoms. The maximum Gasteiger partial charge on any atom is 0.128 e. The van der Waals surface area contributed by atoms with Crippen LogP contribution in [0.15, 0.2) is 6.20 Å². The molecule has 18 heavy (non-hydrogen) atoms. The molecule has 0 bridgehead atoms. The summed E-state index contributed by atoms with van der Waals surface area (Å²) < 4.78 is 5.45. The first-order valence-electron chi connectivity index (χ1n) is 6.65. The van der Waals surface area contributed by atoms with Crippen molar-refractivity contribution in [2.45, 2.75) is 46.6 Å². The van der Waals surface area contributed by atoms with Crippen LogP contribution in [0.1, 0.15) is 37.1 Å². The summed E-state index contributed by atoms with van der Waals surface area (Å²) in [6.45, 7) is 8.63. The maximum absolute atomic E-state index is 5.45. The molecule has 0 radical (unpaired) electrons. The summed E-state index contributed by atoms with van der Waals surface area (Å²) in [5.41, 5.74) is 3.41. The Morgan fingerprint density at radius 2 is 2.00 bits per heavy atom. The minimum Gasteiger partial charge on any atom is -0.496 e. The molecule has 1 heterocycles. The second-order valence-electron chi connectivity index (χ2n) is 5.37. The highest BCUT2D eigenvalue weighted by Crippen LogP contribution is 2.25. The number of likely N-dealkylation sites (N-methyl/N-ethyl adjacent to an activating group) is 1. The van der Waals surface area contributed by atoms with Gasteiger partial charge < -0.3 is 10.1 Å². The first-order chi connectivity index (χ1) is 8.49. The van der Waals surface area contributed by atoms with Gasteiger partial charge in [0, 0.05) is 35.5 Å². The van der Waals surface area contributed by atoms with Gasteiger partial charge in [0.1, 0.15) is 5.75 Å². The van der Waals surface area contributed by atoms with Gasteiger partial charge in [0.2, 0.25) is 0 Å². The molecular formula is C15H26N2O. The van der Waals surface area contributed by atoms with Gasteiger partial charge in [0.05, 0.1) is 7.11 Å². The molecule has 1 aromatic heterocycles. The Labute approximate surface area is 111 Å². The van der Waals surface area contributed by atoms with Crippen LogP contribution in [-0.4, -0.2) is 25.2 Å². The first kappa shape index (κ1) is 15.0. The molecule has 1 rings (SSSR count). The largest absolute Gasteiger partial charge is 0.496 e. The molecule has 1 aromatic rings. The summed E-state index contributed by atoms with van der Waals surface area (Å²) >= 11 is 0. The minimum atomic E-state index is 0.476. The Kier molecular flexibility index (Phi) is 5.60. The van der Waals surface area contributed by atoms with Crippen LogP contribution in [0.5, 0.6) is 5.75 Å². The van der Waals surface area contributed by atoms with Crippen LogP contribution in [0.3, 0.4) is 0 Å². The molecule has 1 unspecified atom stereocenters. The number of ether oxygens (including phenoxy) is 1. The van der Waals surface area contributed by atoms with Gasteiger partial charge in [-0.05, 0) is 33.2 Å². The molecule has 0 amide bonds. The Morgan fingerprint density at radius 3 is 2.50 bits per heavy atom. The summed E-state index contributed by atoms with van der Waals surface area (Å²) in [5, 5.41) is 3.38. The normalized spacial score (nSPS) is 12.8. The highest BCUT2D eigenvalue weighted by molar-refractivity contribution is 5.41. The Morgan fingerprint density at radius 1 is 1.33 bits per heavy atom. The van der Waals surface area contributed by atoms with Crippen molar-refractivity contribution in [3.8, 4) is 5.75 Å². The van der Waals surface area contributed by atoms with Crippen LogP contribution in [0.2, 0.25) is 0 Å². The molecule has 0 aliphatic heterocycles. The zero-order chi connectivity index (χ0) is 13.7. The number of rotatable bonds is 6. The van der Waals surface area contributed by atoms with Crippen LogP contribution in [0.4, 0.5) is 0 Å². The van der Waals surface area contributed by atoms with Gasteiger partial charge in [0.25, 0.3) is 0 Å². The van der Waals surface area contributed by atoms with E-state index < -0.39 is 0 Å². The summed E-state index contributed by atoms with van der Waals surface area (Å²) in [6.07, 6.45) is 4.02. The third-order valence-electron chi connectivity index (χ3n) is 3.35. The first-order valence-corrected chi connectivity index (χ1v) is 6.65. The number of methoxy groups -OCH3 is 1. The van der Waals surface area contributed by atoms with Gasteiger partial charge in [0.15, 0.2) is 0 Å². The van der Waals surface area contributed by atoms with Gasteiger partial charge >= 0.3 is 0 Å². The lowest BCUT2D eigenvalue weighted by molar-refractivity contribution is 0.404. The van der Waals surface area contributed by atoms with Crippen molar-refractivity contribution in [3.05, 3.63) is 23.0 Å². The standard InChI is InChI=1S/C15H26N2O/c1-10(2)7-13(16-5)8-14-12(4)15(18-6)11(3)9-17-14/h9-10,13,16H,7-8H2,1-6H3. The fraction of sp³-hybridized carbons (Fsp3) is 0.667. The topological polar surface area (TPSA) is 34.2 Å². The molecule has 0 aliphatic rings. The molecule has 0 aromatic carbocycles. The lowest BCUT2D eigenvalue weighted by Gasteiger charge is -2.20. The molecular weight excluding hydrogens is 224 g/mol. The number of pyridine rings is 1. The van der Waals surface area contributed by atoms with Crippen LogP contribution >= 0.6 is 0 Å². The molecule has 1 N–H and O–H groups in total. The second-order valence-corrected chi connectivity index (χ2v) is 5.37. The van der Waals surface area contributed by atoms with E-state index in [0.29, 0.717) is 12.0 Å². The van der Waals surface area contributed by atoms with E-state index in [9.17, 15) is 0 Å². The molecule has 3 heteroatoms. The number of nitrogens with zero attached hydrogens (tertiary/aromatic N) is 1. The SMILES string of the molecule is CNC(Cc1ncc(C)c(OC)c1C)CC(C)C. The van der Waals surface area contributed by atoms with Gasteiger partial charge in [-0.3, -0.25) is 4.98 Å². The predicted molar refractivity (Wildman–Crippen MR) is 76.3 cm³/mol. The van der Waals surface area contributed by atoms with E-state index >= 15 is 0 Å². The quantitative estimate of drug-likeness (QED) is 0.843. The molecule has 0 saturated heterocycles. The smallest absolute Gasteiger partial charge is 0.128 e. The van der Waals surface area contributed by atoms with E-state index in [1.165, 1.54) is 5.56 Å². The van der Waals surface area contributed by atoms with E-state index in [1.807, 2.05) is 20.2 Å². The highest BCUT2D eigenvalue weighted by atomic mass is 16.5. The molecule has 102 valence electrons. The maximum atomic E-state index is 5.45. The molecule has 0 saturated carbocycles. The third kappa shape index (κ3) is 3.70. The van der Waals surface area contributed by atoms with Crippen molar-refractivity contribution in [2.24, 2.45) is 5.92 Å². The minimum absolute atomic E-state index is 0.476. The van der Waals surface area contributed by atoms with Crippen LogP contribution in [0.25, 0.3) is 0 Å². The van der Waals surface area contributed by atoms with Gasteiger partial charge in [-0.15, -0.1) is 0 Å². The van der Waals surface area contributed by atoms with Crippen molar-refractivity contribution in [3.63, 3.8) is 0 Å². The van der Waals surface area contributed by atoms with Crippen LogP contribution < -0.4 is 10.1 Å². The van der Waals surface area contributed by atoms with E-state index in [4.69, 9.17) is 4.74 Å². The lowest BCUT2D eigenvalue weighted by Crippen LogP contribution is -2.29. The zero-order valence-electron chi connectivity index (χ0n) is 12.5. The average molecular weight is 250 g/mol. The number of nitrogens with one attached hydrogen (secondary N) is 1. The van der Waals surface area contributed by atoms with Gasteiger partial charge in [-0.2, -0.15) is 0 Å². The van der Waals surface area contributed by atoms with Crippen molar-refractivity contribution in [1.82, 2.24) is 10.3 Å². The van der Waals surface area contributed by atoms with Crippen LogP contribution in [-0.2, 0) is 6.42 Å². The average Bonchev–Trinajstić information content (AvgIpc) is 2.31. The molecule has 1 atom stereocenters. The molecule has 3 nitrogen and oxygen atoms in total. The lowest BCUT2D eigenvalue weighted by atomic mass is 9.97. The molecule has 0 fully saturated rings. The third-order valence-corrected chi connectivity index (χ3v) is 3.35. The van der Waals surface area contributed by atoms with E-state index in [1.54, 1.807) is 7.11 Å². The Hall–Kier alpha value is -1.09. The number of hydrogen-bond acceptors (Lipinski definition) is 3. The monoisotopic (exact) mass is 250 g/mol. The van der Waals surface area contributed by atoms with E-state index in [-0.39, 0.29) is 0 Å². The van der Waals surface area contributed by atoms with Crippen molar-refractivity contribution >= 4 is 0 Å². The van der Waals surface area contributed by atoms with Gasteiger partial charge in [-0.25, -0.2) is 0 Å². The second kappa shape index (κ2) is 6.74. The Balaban J connectivity index is 2.90. The summed E-state index contributed by atoms with van der Waals surface area (Å²) in [4.78, 5) is 4.56. The Bertz CT molecular complexity index is 388. The fourth-order valence-electron chi connectivity index (χ4n) is 2.38. The summed E-state index contributed by atoms with van der Waals surface area (Å²) in [5.74, 6) is 1.66. The van der Waals surface area contributed by atoms with E-state index in [2.05, 4.69) is 31.1 Å². The van der Waals surface area contributed by atoms with Crippen molar-refractivity contribution in [2.75, 3.05) is 14.2 Å². The van der Waals surface area contributed by atoms with E-state index in [0.717, 1.165) is 29.8 Å². The van der Waals surface area contributed by atoms with Crippen molar-refractivity contribution in [1.29, 1.82) is 0 Å².